The number of hydrogen-bond acceptors (Lipinski definition) is 2. The first-order valence-corrected chi connectivity index (χ1v) is 9.38. The lowest BCUT2D eigenvalue weighted by Gasteiger charge is -2.15. The molecule has 4 heteroatoms. The Bertz CT molecular complexity index is 987. The highest BCUT2D eigenvalue weighted by atomic mass is 32.2. The Kier molecular flexibility index (Phi) is 5.10. The van der Waals surface area contributed by atoms with Gasteiger partial charge >= 0.3 is 0 Å². The van der Waals surface area contributed by atoms with Crippen LogP contribution in [-0.4, -0.2) is 11.3 Å². The van der Waals surface area contributed by atoms with E-state index in [1.165, 1.54) is 12.1 Å². The highest BCUT2D eigenvalue weighted by molar-refractivity contribution is 8.03. The predicted octanol–water partition coefficient (Wildman–Crippen LogP) is 5.48. The Balaban J connectivity index is 2.25. The van der Waals surface area contributed by atoms with Crippen molar-refractivity contribution in [1.29, 1.82) is 0 Å². The summed E-state index contributed by atoms with van der Waals surface area (Å²) in [6.07, 6.45) is 1.82. The molecule has 3 rings (SSSR count). The van der Waals surface area contributed by atoms with Crippen LogP contribution < -0.4 is 0 Å². The quantitative estimate of drug-likeness (QED) is 0.572. The van der Waals surface area contributed by atoms with E-state index in [1.807, 2.05) is 66.7 Å². The van der Waals surface area contributed by atoms with E-state index in [1.54, 1.807) is 19.2 Å². The molecule has 126 valence electrons. The second-order valence-corrected chi connectivity index (χ2v) is 7.78. The Morgan fingerprint density at radius 2 is 1.44 bits per heavy atom. The fourth-order valence-corrected chi connectivity index (χ4v) is 4.51. The Hall–Kier alpha value is -2.72. The molecule has 0 N–H and O–H groups in total. The van der Waals surface area contributed by atoms with Gasteiger partial charge in [0.15, 0.2) is 0 Å². The fourth-order valence-electron chi connectivity index (χ4n) is 2.57. The molecular formula is C21H18FNOS. The summed E-state index contributed by atoms with van der Waals surface area (Å²) in [5, 5.41) is 0. The molecule has 0 fully saturated rings. The minimum Gasteiger partial charge on any atom is -0.240 e. The number of hydrogen-bond donors (Lipinski definition) is 0. The Morgan fingerprint density at radius 1 is 0.880 bits per heavy atom. The van der Waals surface area contributed by atoms with Gasteiger partial charge < -0.3 is 0 Å². The molecular weight excluding hydrogens is 333 g/mol. The lowest BCUT2D eigenvalue weighted by atomic mass is 10.1. The van der Waals surface area contributed by atoms with Gasteiger partial charge in [0.1, 0.15) is 15.5 Å². The van der Waals surface area contributed by atoms with Crippen molar-refractivity contribution in [3.63, 3.8) is 0 Å². The standard InChI is InChI=1S/C21H18FNOS/c1-23-25(24,20-10-6-3-7-11-20)21(18-8-4-2-5-9-18)16-17-12-14-19(22)15-13-17/h2-16H,1H3/b21-16-. The van der Waals surface area contributed by atoms with E-state index < -0.39 is 9.73 Å². The van der Waals surface area contributed by atoms with Gasteiger partial charge in [-0.25, -0.2) is 13.0 Å². The Labute approximate surface area is 147 Å². The highest BCUT2D eigenvalue weighted by Crippen LogP contribution is 2.31. The van der Waals surface area contributed by atoms with Gasteiger partial charge in [0.2, 0.25) is 0 Å². The van der Waals surface area contributed by atoms with Crippen LogP contribution in [0.5, 0.6) is 0 Å². The van der Waals surface area contributed by atoms with Crippen LogP contribution in [0, 0.1) is 5.82 Å². The van der Waals surface area contributed by atoms with Crippen LogP contribution in [0.25, 0.3) is 11.0 Å². The molecule has 3 aromatic rings. The normalized spacial score (nSPS) is 13.9. The maximum Gasteiger partial charge on any atom is 0.123 e. The maximum atomic E-state index is 13.8. The molecule has 0 radical (unpaired) electrons. The van der Waals surface area contributed by atoms with E-state index in [2.05, 4.69) is 4.36 Å². The summed E-state index contributed by atoms with van der Waals surface area (Å²) in [5.74, 6) is -0.303. The van der Waals surface area contributed by atoms with E-state index in [0.717, 1.165) is 11.1 Å². The molecule has 0 aliphatic heterocycles. The smallest absolute Gasteiger partial charge is 0.123 e. The molecule has 0 amide bonds. The van der Waals surface area contributed by atoms with Crippen molar-refractivity contribution in [1.82, 2.24) is 0 Å². The van der Waals surface area contributed by atoms with E-state index in [9.17, 15) is 8.60 Å². The maximum absolute atomic E-state index is 13.8. The minimum absolute atomic E-state index is 0.303. The average molecular weight is 351 g/mol. The van der Waals surface area contributed by atoms with Gasteiger partial charge in [0, 0.05) is 7.05 Å². The van der Waals surface area contributed by atoms with E-state index in [0.29, 0.717) is 9.80 Å². The Morgan fingerprint density at radius 3 is 2.00 bits per heavy atom. The molecule has 0 aromatic heterocycles. The topological polar surface area (TPSA) is 29.4 Å². The largest absolute Gasteiger partial charge is 0.240 e. The van der Waals surface area contributed by atoms with Crippen LogP contribution in [0.1, 0.15) is 11.1 Å². The number of benzene rings is 3. The molecule has 0 heterocycles. The summed E-state index contributed by atoms with van der Waals surface area (Å²) in [4.78, 5) is 1.25. The number of nitrogens with zero attached hydrogens (tertiary/aromatic N) is 1. The van der Waals surface area contributed by atoms with Crippen LogP contribution in [0.15, 0.2) is 94.2 Å². The van der Waals surface area contributed by atoms with Gasteiger partial charge in [-0.3, -0.25) is 0 Å². The van der Waals surface area contributed by atoms with Gasteiger partial charge in [-0.15, -0.1) is 0 Å². The van der Waals surface area contributed by atoms with Crippen LogP contribution >= 0.6 is 0 Å². The van der Waals surface area contributed by atoms with Crippen LogP contribution in [0.2, 0.25) is 0 Å². The number of halogens is 1. The monoisotopic (exact) mass is 351 g/mol. The molecule has 0 spiro atoms. The molecule has 0 aliphatic carbocycles. The van der Waals surface area contributed by atoms with E-state index in [-0.39, 0.29) is 5.82 Å². The summed E-state index contributed by atoms with van der Waals surface area (Å²) >= 11 is 0. The predicted molar refractivity (Wildman–Crippen MR) is 102 cm³/mol. The van der Waals surface area contributed by atoms with Gasteiger partial charge in [0.05, 0.1) is 9.80 Å². The van der Waals surface area contributed by atoms with Crippen molar-refractivity contribution in [2.75, 3.05) is 7.05 Å². The van der Waals surface area contributed by atoms with Crippen molar-refractivity contribution in [3.8, 4) is 0 Å². The molecule has 3 aromatic carbocycles. The first-order chi connectivity index (χ1) is 12.1. The molecule has 25 heavy (non-hydrogen) atoms. The molecule has 0 saturated heterocycles. The molecule has 1 atom stereocenters. The number of rotatable bonds is 4. The summed E-state index contributed by atoms with van der Waals surface area (Å²) in [7, 11) is -1.25. The third kappa shape index (κ3) is 3.69. The lowest BCUT2D eigenvalue weighted by Crippen LogP contribution is -2.04. The molecule has 0 bridgehead atoms. The first-order valence-electron chi connectivity index (χ1n) is 7.86. The zero-order valence-corrected chi connectivity index (χ0v) is 14.6. The van der Waals surface area contributed by atoms with Gasteiger partial charge in [-0.05, 0) is 41.5 Å². The average Bonchev–Trinajstić information content (AvgIpc) is 2.68. The van der Waals surface area contributed by atoms with Crippen molar-refractivity contribution in [3.05, 3.63) is 102 Å². The van der Waals surface area contributed by atoms with Crippen molar-refractivity contribution < 1.29 is 8.60 Å². The van der Waals surface area contributed by atoms with E-state index >= 15 is 0 Å². The molecule has 0 aliphatic rings. The van der Waals surface area contributed by atoms with Crippen LogP contribution in [-0.2, 0) is 9.73 Å². The van der Waals surface area contributed by atoms with Crippen molar-refractivity contribution in [2.45, 2.75) is 4.90 Å². The fraction of sp³-hybridized carbons (Fsp3) is 0.0476. The summed E-state index contributed by atoms with van der Waals surface area (Å²) in [6, 6.07) is 24.8. The first kappa shape index (κ1) is 17.1. The molecule has 0 saturated carbocycles. The van der Waals surface area contributed by atoms with Crippen molar-refractivity contribution >= 4 is 20.7 Å². The third-order valence-electron chi connectivity index (χ3n) is 3.84. The second kappa shape index (κ2) is 7.45. The zero-order chi connectivity index (χ0) is 17.7. The van der Waals surface area contributed by atoms with Gasteiger partial charge in [-0.1, -0.05) is 60.7 Å². The summed E-state index contributed by atoms with van der Waals surface area (Å²) < 4.78 is 31.3. The van der Waals surface area contributed by atoms with Crippen LogP contribution in [0.3, 0.4) is 0 Å². The lowest BCUT2D eigenvalue weighted by molar-refractivity contribution is 0.628. The third-order valence-corrected chi connectivity index (χ3v) is 6.22. The molecule has 2 nitrogen and oxygen atoms in total. The zero-order valence-electron chi connectivity index (χ0n) is 13.8. The SMILES string of the molecule is CN=S(=O)(/C(=C\c1ccc(F)cc1)c1ccccc1)c1ccccc1. The van der Waals surface area contributed by atoms with Crippen LogP contribution in [0.4, 0.5) is 4.39 Å². The van der Waals surface area contributed by atoms with Crippen molar-refractivity contribution in [2.24, 2.45) is 4.36 Å². The second-order valence-electron chi connectivity index (χ2n) is 5.45. The van der Waals surface area contributed by atoms with Gasteiger partial charge in [0.25, 0.3) is 0 Å². The minimum atomic E-state index is -2.82. The summed E-state index contributed by atoms with van der Waals surface area (Å²) in [6.45, 7) is 0. The summed E-state index contributed by atoms with van der Waals surface area (Å²) in [5.41, 5.74) is 1.60. The van der Waals surface area contributed by atoms with E-state index in [4.69, 9.17) is 0 Å². The molecule has 1 unspecified atom stereocenters. The van der Waals surface area contributed by atoms with Gasteiger partial charge in [-0.2, -0.15) is 0 Å². The highest BCUT2D eigenvalue weighted by Gasteiger charge is 2.19.